The van der Waals surface area contributed by atoms with E-state index in [-0.39, 0.29) is 11.8 Å². The normalized spacial score (nSPS) is 24.5. The summed E-state index contributed by atoms with van der Waals surface area (Å²) in [5.74, 6) is 1.06. The Balaban J connectivity index is 1.40. The number of piperidine rings is 1. The Bertz CT molecular complexity index is 838. The van der Waals surface area contributed by atoms with Crippen LogP contribution in [-0.4, -0.2) is 59.3 Å². The monoisotopic (exact) mass is 334 g/mol. The number of H-pyrrole nitrogens is 1. The zero-order chi connectivity index (χ0) is 15.9. The molecule has 0 saturated carbocycles. The highest BCUT2D eigenvalue weighted by Crippen LogP contribution is 2.23. The second kappa shape index (κ2) is 5.57. The second-order valence-electron chi connectivity index (χ2n) is 5.99. The molecule has 1 saturated heterocycles. The van der Waals surface area contributed by atoms with Crippen molar-refractivity contribution in [3.8, 4) is 0 Å². The highest BCUT2D eigenvalue weighted by Gasteiger charge is 2.27. The molecule has 4 rings (SSSR count). The van der Waals surface area contributed by atoms with Crippen LogP contribution in [0, 0.1) is 0 Å². The predicted molar refractivity (Wildman–Crippen MR) is 86.8 cm³/mol. The van der Waals surface area contributed by atoms with E-state index in [0.29, 0.717) is 11.7 Å². The van der Waals surface area contributed by atoms with Gasteiger partial charge in [-0.25, -0.2) is 23.4 Å². The molecular formula is C14H18N6O2S. The number of hydrogen-bond acceptors (Lipinski definition) is 7. The van der Waals surface area contributed by atoms with Gasteiger partial charge in [-0.15, -0.1) is 0 Å². The summed E-state index contributed by atoms with van der Waals surface area (Å²) in [7, 11) is -3.00. The van der Waals surface area contributed by atoms with Gasteiger partial charge < -0.3 is 15.2 Å². The van der Waals surface area contributed by atoms with Crippen LogP contribution in [-0.2, 0) is 9.84 Å². The molecule has 1 fully saturated rings. The molecule has 2 aromatic heterocycles. The molecule has 4 heterocycles. The van der Waals surface area contributed by atoms with E-state index in [0.717, 1.165) is 37.3 Å². The van der Waals surface area contributed by atoms with Crippen LogP contribution in [0.25, 0.3) is 11.2 Å². The van der Waals surface area contributed by atoms with E-state index in [1.807, 2.05) is 0 Å². The molecule has 2 aliphatic heterocycles. The second-order valence-corrected chi connectivity index (χ2v) is 7.92. The largest absolute Gasteiger partial charge is 0.355 e. The first-order valence-corrected chi connectivity index (χ1v) is 9.38. The maximum absolute atomic E-state index is 11.5. The van der Waals surface area contributed by atoms with Gasteiger partial charge in [-0.3, -0.25) is 0 Å². The molecule has 122 valence electrons. The number of fused-ring (bicyclic) bond motifs is 1. The lowest BCUT2D eigenvalue weighted by Gasteiger charge is -2.34. The summed E-state index contributed by atoms with van der Waals surface area (Å²) in [5.41, 5.74) is 1.54. The van der Waals surface area contributed by atoms with E-state index in [1.54, 1.807) is 12.4 Å². The van der Waals surface area contributed by atoms with Crippen LogP contribution in [0.5, 0.6) is 0 Å². The van der Waals surface area contributed by atoms with E-state index in [4.69, 9.17) is 0 Å². The highest BCUT2D eigenvalue weighted by atomic mass is 32.2. The molecule has 2 N–H and O–H groups in total. The molecule has 8 nitrogen and oxygen atoms in total. The van der Waals surface area contributed by atoms with Crippen LogP contribution in [0.3, 0.4) is 0 Å². The van der Waals surface area contributed by atoms with E-state index < -0.39 is 9.84 Å². The summed E-state index contributed by atoms with van der Waals surface area (Å²) in [6.07, 6.45) is 6.81. The van der Waals surface area contributed by atoms with Gasteiger partial charge in [0, 0.05) is 30.6 Å². The maximum atomic E-state index is 11.5. The van der Waals surface area contributed by atoms with Gasteiger partial charge in [0.2, 0.25) is 0 Å². The van der Waals surface area contributed by atoms with Crippen LogP contribution >= 0.6 is 0 Å². The Kier molecular flexibility index (Phi) is 3.53. The minimum absolute atomic E-state index is 0.0603. The van der Waals surface area contributed by atoms with Crippen LogP contribution in [0.2, 0.25) is 0 Å². The third-order valence-corrected chi connectivity index (χ3v) is 5.77. The molecule has 0 radical (unpaired) electrons. The molecule has 0 bridgehead atoms. The first kappa shape index (κ1) is 14.6. The van der Waals surface area contributed by atoms with Crippen LogP contribution in [0.15, 0.2) is 24.1 Å². The van der Waals surface area contributed by atoms with Crippen LogP contribution in [0.1, 0.15) is 12.8 Å². The smallest absolute Gasteiger partial charge is 0.182 e. The summed E-state index contributed by atoms with van der Waals surface area (Å²) in [4.78, 5) is 18.0. The summed E-state index contributed by atoms with van der Waals surface area (Å²) in [5, 5.41) is 4.75. The number of nitrogens with one attached hydrogen (secondary N) is 2. The van der Waals surface area contributed by atoms with Gasteiger partial charge in [-0.05, 0) is 12.8 Å². The summed E-state index contributed by atoms with van der Waals surface area (Å²) < 4.78 is 22.9. The van der Waals surface area contributed by atoms with Crippen LogP contribution < -0.4 is 10.2 Å². The molecular weight excluding hydrogens is 316 g/mol. The first-order chi connectivity index (χ1) is 11.1. The molecule has 2 aliphatic rings. The minimum atomic E-state index is -3.00. The number of aromatic amines is 1. The van der Waals surface area contributed by atoms with Gasteiger partial charge in [0.25, 0.3) is 0 Å². The highest BCUT2D eigenvalue weighted by molar-refractivity contribution is 7.94. The average molecular weight is 334 g/mol. The number of imidazole rings is 1. The number of nitrogens with zero attached hydrogens (tertiary/aromatic N) is 4. The molecule has 9 heteroatoms. The molecule has 1 atom stereocenters. The van der Waals surface area contributed by atoms with E-state index in [1.165, 1.54) is 11.7 Å². The van der Waals surface area contributed by atoms with Crippen molar-refractivity contribution in [2.24, 2.45) is 0 Å². The van der Waals surface area contributed by atoms with Crippen LogP contribution in [0.4, 0.5) is 5.82 Å². The molecule has 2 aromatic rings. The molecule has 0 aromatic carbocycles. The lowest BCUT2D eigenvalue weighted by Crippen LogP contribution is -2.46. The quantitative estimate of drug-likeness (QED) is 0.827. The fourth-order valence-corrected chi connectivity index (χ4v) is 4.48. The Labute approximate surface area is 133 Å². The number of hydrogen-bond donors (Lipinski definition) is 2. The number of anilines is 1. The van der Waals surface area contributed by atoms with E-state index in [2.05, 4.69) is 30.2 Å². The predicted octanol–water partition coefficient (Wildman–Crippen LogP) is 0.222. The lowest BCUT2D eigenvalue weighted by atomic mass is 10.0. The third kappa shape index (κ3) is 2.93. The Morgan fingerprint density at radius 1 is 1.22 bits per heavy atom. The standard InChI is InChI=1S/C14H18N6O2S/c21-23(22)6-3-11(7-23)19-10-1-4-20(5-2-10)14-12-13(16-8-15-12)17-9-18-14/h3,6,8-11,19H,1-2,4-5,7H2,(H,15,16,17,18)/t11-/m1/s1. The zero-order valence-corrected chi connectivity index (χ0v) is 13.3. The van der Waals surface area contributed by atoms with Crippen molar-refractivity contribution in [2.75, 3.05) is 23.7 Å². The van der Waals surface area contributed by atoms with Crippen molar-refractivity contribution < 1.29 is 8.42 Å². The van der Waals surface area contributed by atoms with Crippen molar-refractivity contribution in [1.29, 1.82) is 0 Å². The molecule has 0 spiro atoms. The Hall–Kier alpha value is -2.00. The van der Waals surface area contributed by atoms with Gasteiger partial charge in [-0.2, -0.15) is 0 Å². The minimum Gasteiger partial charge on any atom is -0.355 e. The van der Waals surface area contributed by atoms with Gasteiger partial charge in [0.1, 0.15) is 11.8 Å². The third-order valence-electron chi connectivity index (χ3n) is 4.38. The van der Waals surface area contributed by atoms with Gasteiger partial charge in [0.15, 0.2) is 21.3 Å². The first-order valence-electron chi connectivity index (χ1n) is 7.67. The maximum Gasteiger partial charge on any atom is 0.182 e. The molecule has 0 unspecified atom stereocenters. The Morgan fingerprint density at radius 3 is 2.78 bits per heavy atom. The summed E-state index contributed by atoms with van der Waals surface area (Å²) >= 11 is 0. The van der Waals surface area contributed by atoms with Crippen molar-refractivity contribution in [3.05, 3.63) is 24.1 Å². The van der Waals surface area contributed by atoms with Crippen molar-refractivity contribution >= 4 is 26.8 Å². The number of aromatic nitrogens is 4. The van der Waals surface area contributed by atoms with Gasteiger partial charge in [0.05, 0.1) is 12.1 Å². The number of rotatable bonds is 3. The fraction of sp³-hybridized carbons (Fsp3) is 0.500. The topological polar surface area (TPSA) is 104 Å². The van der Waals surface area contributed by atoms with Crippen molar-refractivity contribution in [3.63, 3.8) is 0 Å². The molecule has 0 aliphatic carbocycles. The van der Waals surface area contributed by atoms with Gasteiger partial charge >= 0.3 is 0 Å². The van der Waals surface area contributed by atoms with E-state index in [9.17, 15) is 8.42 Å². The van der Waals surface area contributed by atoms with E-state index >= 15 is 0 Å². The number of sulfone groups is 1. The summed E-state index contributed by atoms with van der Waals surface area (Å²) in [6.45, 7) is 1.73. The lowest BCUT2D eigenvalue weighted by molar-refractivity contribution is 0.400. The molecule has 23 heavy (non-hydrogen) atoms. The SMILES string of the molecule is O=S1(=O)C=C[C@@H](NC2CCN(c3ncnc4nc[nH]c34)CC2)C1. The van der Waals surface area contributed by atoms with Crippen molar-refractivity contribution in [2.45, 2.75) is 24.9 Å². The fourth-order valence-electron chi connectivity index (χ4n) is 3.23. The average Bonchev–Trinajstić information content (AvgIpc) is 3.14. The van der Waals surface area contributed by atoms with Crippen molar-refractivity contribution in [1.82, 2.24) is 25.3 Å². The zero-order valence-electron chi connectivity index (χ0n) is 12.5. The summed E-state index contributed by atoms with van der Waals surface area (Å²) in [6, 6.07) is 0.267. The Morgan fingerprint density at radius 2 is 2.04 bits per heavy atom. The molecule has 0 amide bonds. The van der Waals surface area contributed by atoms with Gasteiger partial charge in [-0.1, -0.05) is 6.08 Å².